The van der Waals surface area contributed by atoms with Crippen molar-refractivity contribution >= 4 is 17.6 Å². The number of hydrogen-bond donors (Lipinski definition) is 3. The van der Waals surface area contributed by atoms with Crippen LogP contribution >= 0.6 is 0 Å². The van der Waals surface area contributed by atoms with E-state index in [4.69, 9.17) is 4.74 Å². The first-order valence-electron chi connectivity index (χ1n) is 10.4. The molecule has 3 aromatic rings. The van der Waals surface area contributed by atoms with Crippen LogP contribution in [0.4, 0.5) is 10.2 Å². The number of anilines is 1. The quantitative estimate of drug-likeness (QED) is 0.484. The Morgan fingerprint density at radius 1 is 1.33 bits per heavy atom. The molecule has 1 aliphatic heterocycles. The molecular weight excluding hydrogens is 431 g/mol. The van der Waals surface area contributed by atoms with Gasteiger partial charge in [0.05, 0.1) is 19.2 Å². The number of hydrogen-bond acceptors (Lipinski definition) is 6. The predicted molar refractivity (Wildman–Crippen MR) is 115 cm³/mol. The summed E-state index contributed by atoms with van der Waals surface area (Å²) in [6.45, 7) is 1.51. The highest BCUT2D eigenvalue weighted by atomic mass is 19.1. The number of amides is 2. The van der Waals surface area contributed by atoms with E-state index in [9.17, 15) is 18.8 Å². The number of carbonyl (C=O) groups excluding carboxylic acids is 2. The summed E-state index contributed by atoms with van der Waals surface area (Å²) < 4.78 is 20.9. The number of fused-ring (bicyclic) bond motifs is 1. The number of aromatic nitrogens is 4. The summed E-state index contributed by atoms with van der Waals surface area (Å²) in [7, 11) is 1.45. The molecule has 2 aromatic heterocycles. The fourth-order valence-corrected chi connectivity index (χ4v) is 3.85. The summed E-state index contributed by atoms with van der Waals surface area (Å²) in [5.41, 5.74) is -1.67. The van der Waals surface area contributed by atoms with Gasteiger partial charge in [-0.3, -0.25) is 14.4 Å². The Bertz CT molecular complexity index is 1340. The monoisotopic (exact) mass is 452 g/mol. The molecular formula is C22H21FN6O4. The van der Waals surface area contributed by atoms with Gasteiger partial charge in [-0.15, -0.1) is 0 Å². The predicted octanol–water partition coefficient (Wildman–Crippen LogP) is 1.32. The van der Waals surface area contributed by atoms with Crippen molar-refractivity contribution in [2.75, 3.05) is 12.4 Å². The molecule has 0 saturated heterocycles. The molecule has 0 spiro atoms. The summed E-state index contributed by atoms with van der Waals surface area (Å²) >= 11 is 0. The first-order valence-corrected chi connectivity index (χ1v) is 10.4. The smallest absolute Gasteiger partial charge is 0.258 e. The van der Waals surface area contributed by atoms with E-state index >= 15 is 0 Å². The molecule has 33 heavy (non-hydrogen) atoms. The van der Waals surface area contributed by atoms with E-state index in [1.807, 2.05) is 0 Å². The Hall–Kier alpha value is -4.02. The summed E-state index contributed by atoms with van der Waals surface area (Å²) in [6, 6.07) is 7.87. The largest absolute Gasteiger partial charge is 0.481 e. The lowest BCUT2D eigenvalue weighted by atomic mass is 9.84. The van der Waals surface area contributed by atoms with Crippen LogP contribution in [-0.4, -0.2) is 44.7 Å². The second kappa shape index (κ2) is 7.54. The number of rotatable bonds is 6. The molecule has 1 aromatic carbocycles. The second-order valence-electron chi connectivity index (χ2n) is 8.29. The molecule has 2 aliphatic rings. The molecule has 3 heterocycles. The van der Waals surface area contributed by atoms with E-state index in [0.717, 1.165) is 12.8 Å². The van der Waals surface area contributed by atoms with Gasteiger partial charge in [-0.1, -0.05) is 18.2 Å². The van der Waals surface area contributed by atoms with Gasteiger partial charge in [0.15, 0.2) is 11.2 Å². The van der Waals surface area contributed by atoms with Crippen LogP contribution in [0.1, 0.15) is 30.9 Å². The maximum absolute atomic E-state index is 14.1. The van der Waals surface area contributed by atoms with Crippen LogP contribution in [0.3, 0.4) is 0 Å². The van der Waals surface area contributed by atoms with Crippen molar-refractivity contribution in [1.29, 1.82) is 0 Å². The van der Waals surface area contributed by atoms with Gasteiger partial charge in [-0.25, -0.2) is 14.1 Å². The Morgan fingerprint density at radius 2 is 2.09 bits per heavy atom. The fraction of sp³-hybridized carbons (Fsp3) is 0.318. The van der Waals surface area contributed by atoms with Crippen molar-refractivity contribution in [2.45, 2.75) is 37.8 Å². The maximum Gasteiger partial charge on any atom is 0.258 e. The molecule has 170 valence electrons. The number of ether oxygens (including phenoxy) is 1. The zero-order valence-corrected chi connectivity index (χ0v) is 17.9. The third kappa shape index (κ3) is 3.45. The van der Waals surface area contributed by atoms with Crippen LogP contribution < -0.4 is 20.9 Å². The van der Waals surface area contributed by atoms with Crippen LogP contribution in [0, 0.1) is 5.82 Å². The van der Waals surface area contributed by atoms with Crippen LogP contribution in [0.5, 0.6) is 5.88 Å². The van der Waals surface area contributed by atoms with Crippen LogP contribution in [0.25, 0.3) is 11.5 Å². The normalized spacial score (nSPS) is 19.2. The van der Waals surface area contributed by atoms with Crippen molar-refractivity contribution in [3.63, 3.8) is 0 Å². The van der Waals surface area contributed by atoms with Gasteiger partial charge in [0.2, 0.25) is 17.7 Å². The van der Waals surface area contributed by atoms with Gasteiger partial charge >= 0.3 is 0 Å². The SMILES string of the molecule is COc1cc(-c2nc3c(c(=O)[nH]2)C(C)(C(=O)NC2CC2)C(=O)N3)nn1Cc1ccccc1F. The molecule has 1 aliphatic carbocycles. The second-order valence-corrected chi connectivity index (χ2v) is 8.29. The van der Waals surface area contributed by atoms with Gasteiger partial charge in [-0.05, 0) is 25.8 Å². The highest BCUT2D eigenvalue weighted by Crippen LogP contribution is 2.36. The first kappa shape index (κ1) is 20.9. The van der Waals surface area contributed by atoms with E-state index < -0.39 is 22.8 Å². The average Bonchev–Trinajstić information content (AvgIpc) is 3.43. The van der Waals surface area contributed by atoms with Crippen molar-refractivity contribution in [2.24, 2.45) is 0 Å². The van der Waals surface area contributed by atoms with E-state index in [-0.39, 0.29) is 41.3 Å². The summed E-state index contributed by atoms with van der Waals surface area (Å²) in [4.78, 5) is 45.4. The van der Waals surface area contributed by atoms with Crippen molar-refractivity contribution in [3.05, 3.63) is 57.6 Å². The maximum atomic E-state index is 14.1. The Balaban J connectivity index is 1.51. The van der Waals surface area contributed by atoms with E-state index in [0.29, 0.717) is 11.4 Å². The number of halogens is 1. The molecule has 0 radical (unpaired) electrons. The van der Waals surface area contributed by atoms with Crippen molar-refractivity contribution in [3.8, 4) is 17.4 Å². The molecule has 0 bridgehead atoms. The molecule has 1 unspecified atom stereocenters. The minimum Gasteiger partial charge on any atom is -0.481 e. The molecule has 1 atom stereocenters. The number of nitrogens with one attached hydrogen (secondary N) is 3. The van der Waals surface area contributed by atoms with E-state index in [1.54, 1.807) is 24.3 Å². The van der Waals surface area contributed by atoms with Crippen LogP contribution in [-0.2, 0) is 21.5 Å². The minimum absolute atomic E-state index is 0.00909. The highest BCUT2D eigenvalue weighted by Gasteiger charge is 2.53. The van der Waals surface area contributed by atoms with Crippen molar-refractivity contribution < 1.29 is 18.7 Å². The highest BCUT2D eigenvalue weighted by molar-refractivity contribution is 6.19. The lowest BCUT2D eigenvalue weighted by Crippen LogP contribution is -2.49. The Morgan fingerprint density at radius 3 is 2.79 bits per heavy atom. The number of H-pyrrole nitrogens is 1. The van der Waals surface area contributed by atoms with Gasteiger partial charge < -0.3 is 20.4 Å². The molecule has 10 nitrogen and oxygen atoms in total. The molecule has 1 saturated carbocycles. The molecule has 5 rings (SSSR count). The topological polar surface area (TPSA) is 131 Å². The summed E-state index contributed by atoms with van der Waals surface area (Å²) in [6.07, 6.45) is 1.70. The number of nitrogens with zero attached hydrogens (tertiary/aromatic N) is 3. The molecule has 3 N–H and O–H groups in total. The fourth-order valence-electron chi connectivity index (χ4n) is 3.85. The number of benzene rings is 1. The van der Waals surface area contributed by atoms with Gasteiger partial charge in [0, 0.05) is 17.7 Å². The standard InChI is InChI=1S/C22H21FN6O4/c1-22(20(31)24-12-7-8-12)16-18(27-21(22)32)25-17(26-19(16)30)14-9-15(33-2)29(28-14)10-11-5-3-4-6-13(11)23/h3-6,9,12H,7-8,10H2,1-2H3,(H,24,31)(H2,25,26,27,30,32). The number of aromatic amines is 1. The first-order chi connectivity index (χ1) is 15.8. The summed E-state index contributed by atoms with van der Waals surface area (Å²) in [5.74, 6) is -1.11. The zero-order chi connectivity index (χ0) is 23.3. The van der Waals surface area contributed by atoms with Crippen LogP contribution in [0.15, 0.2) is 35.1 Å². The van der Waals surface area contributed by atoms with Crippen molar-refractivity contribution in [1.82, 2.24) is 25.1 Å². The Labute approximate surface area is 187 Å². The third-order valence-electron chi connectivity index (χ3n) is 5.94. The lowest BCUT2D eigenvalue weighted by Gasteiger charge is -2.20. The number of carbonyl (C=O) groups is 2. The molecule has 1 fully saturated rings. The van der Waals surface area contributed by atoms with E-state index in [2.05, 4.69) is 25.7 Å². The summed E-state index contributed by atoms with van der Waals surface area (Å²) in [5, 5.41) is 9.73. The third-order valence-corrected chi connectivity index (χ3v) is 5.94. The minimum atomic E-state index is -1.68. The average molecular weight is 452 g/mol. The van der Waals surface area contributed by atoms with Gasteiger partial charge in [0.25, 0.3) is 5.56 Å². The molecule has 11 heteroatoms. The molecule has 2 amide bonds. The Kier molecular flexibility index (Phi) is 4.76. The number of methoxy groups -OCH3 is 1. The van der Waals surface area contributed by atoms with Gasteiger partial charge in [0.1, 0.15) is 17.3 Å². The van der Waals surface area contributed by atoms with E-state index in [1.165, 1.54) is 24.8 Å². The van der Waals surface area contributed by atoms with Gasteiger partial charge in [-0.2, -0.15) is 5.10 Å². The zero-order valence-electron chi connectivity index (χ0n) is 17.9. The lowest BCUT2D eigenvalue weighted by molar-refractivity contribution is -0.133. The van der Waals surface area contributed by atoms with Crippen LogP contribution in [0.2, 0.25) is 0 Å².